The molecule has 0 radical (unpaired) electrons. The van der Waals surface area contributed by atoms with Crippen molar-refractivity contribution >= 4 is 5.78 Å². The van der Waals surface area contributed by atoms with Gasteiger partial charge in [0.1, 0.15) is 5.78 Å². The molecule has 1 rings (SSSR count). The molecule has 4 heteroatoms. The lowest BCUT2D eigenvalue weighted by molar-refractivity contribution is -0.120. The van der Waals surface area contributed by atoms with Crippen molar-refractivity contribution in [3.05, 3.63) is 0 Å². The second-order valence-corrected chi connectivity index (χ2v) is 4.00. The third kappa shape index (κ3) is 3.70. The number of alkyl halides is 2. The lowest BCUT2D eigenvalue weighted by atomic mass is 10.0. The third-order valence-corrected chi connectivity index (χ3v) is 2.74. The van der Waals surface area contributed by atoms with Crippen LogP contribution < -0.4 is 0 Å². The average Bonchev–Trinajstić information content (AvgIpc) is 2.46. The summed E-state index contributed by atoms with van der Waals surface area (Å²) >= 11 is 0. The molecule has 0 bridgehead atoms. The van der Waals surface area contributed by atoms with Gasteiger partial charge in [0.25, 0.3) is 6.43 Å². The molecule has 0 aromatic heterocycles. The molecular formula is C10H17F2NO. The van der Waals surface area contributed by atoms with Crippen molar-refractivity contribution in [1.82, 2.24) is 4.90 Å². The smallest absolute Gasteiger partial charge is 0.251 e. The van der Waals surface area contributed by atoms with E-state index in [9.17, 15) is 13.6 Å². The Balaban J connectivity index is 2.16. The van der Waals surface area contributed by atoms with Crippen LogP contribution in [0.5, 0.6) is 0 Å². The van der Waals surface area contributed by atoms with E-state index in [2.05, 4.69) is 0 Å². The molecule has 1 aliphatic carbocycles. The molecule has 0 aromatic rings. The number of Topliss-reactive ketones (excluding diaryl/α,β-unsaturated/α-hetero) is 1. The Hall–Kier alpha value is -0.510. The number of rotatable bonds is 5. The molecular weight excluding hydrogens is 188 g/mol. The van der Waals surface area contributed by atoms with Gasteiger partial charge in [-0.3, -0.25) is 4.79 Å². The van der Waals surface area contributed by atoms with E-state index in [1.807, 2.05) is 0 Å². The van der Waals surface area contributed by atoms with E-state index in [-0.39, 0.29) is 12.5 Å². The zero-order valence-electron chi connectivity index (χ0n) is 8.51. The summed E-state index contributed by atoms with van der Waals surface area (Å²) < 4.78 is 23.9. The first-order valence-electron chi connectivity index (χ1n) is 5.09. The van der Waals surface area contributed by atoms with Crippen LogP contribution in [-0.4, -0.2) is 37.2 Å². The van der Waals surface area contributed by atoms with E-state index in [1.54, 1.807) is 11.9 Å². The summed E-state index contributed by atoms with van der Waals surface area (Å²) in [5, 5.41) is 0. The van der Waals surface area contributed by atoms with E-state index in [0.717, 1.165) is 19.3 Å². The van der Waals surface area contributed by atoms with Gasteiger partial charge in [-0.15, -0.1) is 0 Å². The Bertz CT molecular complexity index is 197. The van der Waals surface area contributed by atoms with E-state index in [1.165, 1.54) is 0 Å². The van der Waals surface area contributed by atoms with Gasteiger partial charge in [-0.05, 0) is 32.9 Å². The van der Waals surface area contributed by atoms with E-state index >= 15 is 0 Å². The van der Waals surface area contributed by atoms with Crippen molar-refractivity contribution < 1.29 is 13.6 Å². The van der Waals surface area contributed by atoms with Crippen LogP contribution in [0.25, 0.3) is 0 Å². The zero-order chi connectivity index (χ0) is 10.6. The summed E-state index contributed by atoms with van der Waals surface area (Å²) in [6, 6.07) is 0. The topological polar surface area (TPSA) is 20.3 Å². The van der Waals surface area contributed by atoms with Crippen LogP contribution in [0.4, 0.5) is 8.78 Å². The van der Waals surface area contributed by atoms with Crippen molar-refractivity contribution in [2.75, 3.05) is 20.1 Å². The predicted octanol–water partition coefficient (Wildman–Crippen LogP) is 1.94. The minimum Gasteiger partial charge on any atom is -0.301 e. The summed E-state index contributed by atoms with van der Waals surface area (Å²) in [6.45, 7) is 0.404. The Morgan fingerprint density at radius 1 is 1.57 bits per heavy atom. The fraction of sp³-hybridized carbons (Fsp3) is 0.900. The highest BCUT2D eigenvalue weighted by molar-refractivity contribution is 5.82. The molecule has 1 unspecified atom stereocenters. The molecule has 1 atom stereocenters. The van der Waals surface area contributed by atoms with Gasteiger partial charge in [0.05, 0.1) is 6.54 Å². The molecule has 1 fully saturated rings. The minimum absolute atomic E-state index is 0.134. The van der Waals surface area contributed by atoms with Crippen molar-refractivity contribution in [1.29, 1.82) is 0 Å². The van der Waals surface area contributed by atoms with Crippen LogP contribution in [0, 0.1) is 5.92 Å². The molecule has 0 saturated heterocycles. The van der Waals surface area contributed by atoms with Crippen LogP contribution in [0.15, 0.2) is 0 Å². The average molecular weight is 205 g/mol. The number of carbonyl (C=O) groups is 1. The van der Waals surface area contributed by atoms with Crippen molar-refractivity contribution in [3.63, 3.8) is 0 Å². The lowest BCUT2D eigenvalue weighted by Crippen LogP contribution is -2.27. The summed E-state index contributed by atoms with van der Waals surface area (Å²) in [5.41, 5.74) is 0. The Kier molecular flexibility index (Phi) is 4.45. The highest BCUT2D eigenvalue weighted by Crippen LogP contribution is 2.24. The SMILES string of the molecule is CN(CCC1CCCC1=O)CC(F)F. The number of carbonyl (C=O) groups excluding carboxylic acids is 1. The van der Waals surface area contributed by atoms with Crippen molar-refractivity contribution in [2.24, 2.45) is 5.92 Å². The maximum atomic E-state index is 12.0. The van der Waals surface area contributed by atoms with Crippen LogP contribution >= 0.6 is 0 Å². The lowest BCUT2D eigenvalue weighted by Gasteiger charge is -2.17. The number of nitrogens with zero attached hydrogens (tertiary/aromatic N) is 1. The molecule has 1 aliphatic rings. The van der Waals surface area contributed by atoms with E-state index in [0.29, 0.717) is 18.7 Å². The van der Waals surface area contributed by atoms with Gasteiger partial charge in [-0.1, -0.05) is 0 Å². The first-order valence-corrected chi connectivity index (χ1v) is 5.09. The van der Waals surface area contributed by atoms with Gasteiger partial charge in [0, 0.05) is 12.3 Å². The third-order valence-electron chi connectivity index (χ3n) is 2.74. The highest BCUT2D eigenvalue weighted by atomic mass is 19.3. The Labute approximate surface area is 83.3 Å². The van der Waals surface area contributed by atoms with Crippen molar-refractivity contribution in [2.45, 2.75) is 32.1 Å². The van der Waals surface area contributed by atoms with Gasteiger partial charge in [0.15, 0.2) is 0 Å². The molecule has 2 nitrogen and oxygen atoms in total. The molecule has 0 aliphatic heterocycles. The maximum absolute atomic E-state index is 12.0. The number of hydrogen-bond acceptors (Lipinski definition) is 2. The molecule has 0 amide bonds. The fourth-order valence-corrected chi connectivity index (χ4v) is 1.90. The highest BCUT2D eigenvalue weighted by Gasteiger charge is 2.24. The predicted molar refractivity (Wildman–Crippen MR) is 50.5 cm³/mol. The molecule has 0 spiro atoms. The Morgan fingerprint density at radius 3 is 2.79 bits per heavy atom. The number of ketones is 1. The van der Waals surface area contributed by atoms with Gasteiger partial charge in [0.2, 0.25) is 0 Å². The first kappa shape index (κ1) is 11.6. The number of halogens is 2. The molecule has 1 saturated carbocycles. The Morgan fingerprint density at radius 2 is 2.29 bits per heavy atom. The largest absolute Gasteiger partial charge is 0.301 e. The van der Waals surface area contributed by atoms with Gasteiger partial charge < -0.3 is 4.90 Å². The van der Waals surface area contributed by atoms with Crippen LogP contribution in [0.2, 0.25) is 0 Å². The second kappa shape index (κ2) is 5.39. The number of hydrogen-bond donors (Lipinski definition) is 0. The molecule has 14 heavy (non-hydrogen) atoms. The summed E-state index contributed by atoms with van der Waals surface area (Å²) in [4.78, 5) is 12.8. The van der Waals surface area contributed by atoms with Crippen LogP contribution in [-0.2, 0) is 4.79 Å². The summed E-state index contributed by atoms with van der Waals surface area (Å²) in [6.07, 6.45) is 1.06. The minimum atomic E-state index is -2.28. The van der Waals surface area contributed by atoms with Crippen LogP contribution in [0.1, 0.15) is 25.7 Å². The molecule has 0 aromatic carbocycles. The molecule has 0 heterocycles. The molecule has 82 valence electrons. The fourth-order valence-electron chi connectivity index (χ4n) is 1.90. The first-order chi connectivity index (χ1) is 6.59. The normalized spacial score (nSPS) is 22.6. The van der Waals surface area contributed by atoms with Gasteiger partial charge in [-0.2, -0.15) is 0 Å². The van der Waals surface area contributed by atoms with Crippen molar-refractivity contribution in [3.8, 4) is 0 Å². The monoisotopic (exact) mass is 205 g/mol. The standard InChI is InChI=1S/C10H17F2NO/c1-13(7-10(11)12)6-5-8-3-2-4-9(8)14/h8,10H,2-7H2,1H3. The second-order valence-electron chi connectivity index (χ2n) is 4.00. The summed E-state index contributed by atoms with van der Waals surface area (Å²) in [5.74, 6) is 0.450. The van der Waals surface area contributed by atoms with E-state index in [4.69, 9.17) is 0 Å². The van der Waals surface area contributed by atoms with Gasteiger partial charge >= 0.3 is 0 Å². The zero-order valence-corrected chi connectivity index (χ0v) is 8.51. The van der Waals surface area contributed by atoms with Crippen LogP contribution in [0.3, 0.4) is 0 Å². The van der Waals surface area contributed by atoms with E-state index < -0.39 is 6.43 Å². The molecule has 0 N–H and O–H groups in total. The maximum Gasteiger partial charge on any atom is 0.251 e. The van der Waals surface area contributed by atoms with Gasteiger partial charge in [-0.25, -0.2) is 8.78 Å². The quantitative estimate of drug-likeness (QED) is 0.683. The summed E-state index contributed by atoms with van der Waals surface area (Å²) in [7, 11) is 1.67.